The molecular weight excluding hydrogens is 398 g/mol. The number of benzene rings is 1. The summed E-state index contributed by atoms with van der Waals surface area (Å²) in [6.07, 6.45) is 0.231. The fourth-order valence-electron chi connectivity index (χ4n) is 3.21. The summed E-state index contributed by atoms with van der Waals surface area (Å²) >= 11 is 0. The van der Waals surface area contributed by atoms with Gasteiger partial charge in [-0.3, -0.25) is 4.57 Å². The van der Waals surface area contributed by atoms with Gasteiger partial charge in [0.05, 0.1) is 17.0 Å². The molecule has 1 atom stereocenters. The second kappa shape index (κ2) is 7.16. The Morgan fingerprint density at radius 2 is 2.00 bits per heavy atom. The molecule has 1 saturated heterocycles. The molecule has 2 aromatic heterocycles. The minimum absolute atomic E-state index is 0.108. The Kier molecular flexibility index (Phi) is 4.79. The zero-order valence-corrected chi connectivity index (χ0v) is 17.1. The van der Waals surface area contributed by atoms with Gasteiger partial charge in [0, 0.05) is 33.8 Å². The van der Waals surface area contributed by atoms with E-state index >= 15 is 0 Å². The molecule has 154 valence electrons. The summed E-state index contributed by atoms with van der Waals surface area (Å²) in [6.45, 7) is 0.542. The highest BCUT2D eigenvalue weighted by Gasteiger charge is 2.34. The molecule has 11 heteroatoms. The SMILES string of the molecule is CN(C)c1ccc(OC2CCN(S(=O)(=O)c3ccc4oc(=O)n(C)c4c3)C2)nn1. The van der Waals surface area contributed by atoms with E-state index in [0.717, 1.165) is 0 Å². The first-order valence-corrected chi connectivity index (χ1v) is 10.5. The maximum atomic E-state index is 13.0. The first-order valence-electron chi connectivity index (χ1n) is 9.03. The number of fused-ring (bicyclic) bond motifs is 1. The van der Waals surface area contributed by atoms with Crippen molar-refractivity contribution in [3.63, 3.8) is 0 Å². The number of oxazole rings is 1. The maximum Gasteiger partial charge on any atom is 0.419 e. The summed E-state index contributed by atoms with van der Waals surface area (Å²) in [6, 6.07) is 7.90. The van der Waals surface area contributed by atoms with Gasteiger partial charge in [-0.2, -0.15) is 4.31 Å². The molecular formula is C18H21N5O5S. The van der Waals surface area contributed by atoms with Crippen LogP contribution in [0.3, 0.4) is 0 Å². The number of ether oxygens (including phenoxy) is 1. The second-order valence-electron chi connectivity index (χ2n) is 7.07. The number of hydrogen-bond donors (Lipinski definition) is 0. The molecule has 1 fully saturated rings. The highest BCUT2D eigenvalue weighted by atomic mass is 32.2. The number of anilines is 1. The molecule has 4 rings (SSSR count). The van der Waals surface area contributed by atoms with Crippen molar-refractivity contribution in [1.82, 2.24) is 19.1 Å². The van der Waals surface area contributed by atoms with E-state index < -0.39 is 15.8 Å². The predicted molar refractivity (Wildman–Crippen MR) is 106 cm³/mol. The summed E-state index contributed by atoms with van der Waals surface area (Å²) in [5.74, 6) is 0.525. The van der Waals surface area contributed by atoms with Gasteiger partial charge in [-0.25, -0.2) is 13.2 Å². The molecule has 1 aromatic carbocycles. The topological polar surface area (TPSA) is 111 Å². The Morgan fingerprint density at radius 3 is 2.69 bits per heavy atom. The van der Waals surface area contributed by atoms with Crippen molar-refractivity contribution < 1.29 is 17.6 Å². The highest BCUT2D eigenvalue weighted by Crippen LogP contribution is 2.26. The van der Waals surface area contributed by atoms with Gasteiger partial charge in [0.1, 0.15) is 6.10 Å². The van der Waals surface area contributed by atoms with E-state index in [-0.39, 0.29) is 17.5 Å². The van der Waals surface area contributed by atoms with Gasteiger partial charge in [0.25, 0.3) is 0 Å². The van der Waals surface area contributed by atoms with E-state index in [0.29, 0.717) is 35.8 Å². The molecule has 0 N–H and O–H groups in total. The number of nitrogens with zero attached hydrogens (tertiary/aromatic N) is 5. The Hall–Kier alpha value is -2.92. The average molecular weight is 419 g/mol. The molecule has 1 aliphatic heterocycles. The van der Waals surface area contributed by atoms with Crippen molar-refractivity contribution in [2.45, 2.75) is 17.4 Å². The molecule has 0 bridgehead atoms. The van der Waals surface area contributed by atoms with Crippen LogP contribution in [0.15, 0.2) is 44.4 Å². The Bertz CT molecular complexity index is 1200. The summed E-state index contributed by atoms with van der Waals surface area (Å²) < 4.78 is 39.6. The van der Waals surface area contributed by atoms with Crippen molar-refractivity contribution in [1.29, 1.82) is 0 Å². The molecule has 10 nitrogen and oxygen atoms in total. The molecule has 3 aromatic rings. The lowest BCUT2D eigenvalue weighted by Crippen LogP contribution is -2.31. The van der Waals surface area contributed by atoms with Crippen molar-refractivity contribution in [3.05, 3.63) is 40.9 Å². The first-order chi connectivity index (χ1) is 13.8. The number of rotatable bonds is 5. The number of aromatic nitrogens is 3. The van der Waals surface area contributed by atoms with Crippen LogP contribution in [0.1, 0.15) is 6.42 Å². The Labute approximate surface area is 167 Å². The van der Waals surface area contributed by atoms with Crippen molar-refractivity contribution in [3.8, 4) is 5.88 Å². The van der Waals surface area contributed by atoms with Gasteiger partial charge in [-0.1, -0.05) is 0 Å². The van der Waals surface area contributed by atoms with E-state index in [1.165, 1.54) is 34.1 Å². The quantitative estimate of drug-likeness (QED) is 0.598. The van der Waals surface area contributed by atoms with Crippen LogP contribution < -0.4 is 15.4 Å². The number of hydrogen-bond acceptors (Lipinski definition) is 8. The molecule has 0 amide bonds. The van der Waals surface area contributed by atoms with Gasteiger partial charge < -0.3 is 14.1 Å². The fourth-order valence-corrected chi connectivity index (χ4v) is 4.72. The standard InChI is InChI=1S/C18H21N5O5S/c1-21(2)16-6-7-17(20-19-16)27-12-8-9-23(11-12)29(25,26)13-4-5-15-14(10-13)22(3)18(24)28-15/h4-7,10,12H,8-9,11H2,1-3H3. The Balaban J connectivity index is 1.50. The monoisotopic (exact) mass is 419 g/mol. The number of sulfonamides is 1. The third-order valence-corrected chi connectivity index (χ3v) is 6.74. The normalized spacial score (nSPS) is 17.7. The van der Waals surface area contributed by atoms with Crippen molar-refractivity contribution >= 4 is 26.9 Å². The van der Waals surface area contributed by atoms with Crippen LogP contribution in [0.5, 0.6) is 5.88 Å². The zero-order chi connectivity index (χ0) is 20.8. The van der Waals surface area contributed by atoms with E-state index in [1.54, 1.807) is 12.1 Å². The van der Waals surface area contributed by atoms with Crippen LogP contribution in [0, 0.1) is 0 Å². The van der Waals surface area contributed by atoms with Gasteiger partial charge in [0.2, 0.25) is 15.9 Å². The van der Waals surface area contributed by atoms with Gasteiger partial charge >= 0.3 is 5.76 Å². The van der Waals surface area contributed by atoms with Crippen molar-refractivity contribution in [2.24, 2.45) is 7.05 Å². The summed E-state index contributed by atoms with van der Waals surface area (Å²) in [7, 11) is 1.54. The second-order valence-corrected chi connectivity index (χ2v) is 9.01. The summed E-state index contributed by atoms with van der Waals surface area (Å²) in [5, 5.41) is 8.09. The minimum atomic E-state index is -3.73. The van der Waals surface area contributed by atoms with Crippen LogP contribution >= 0.6 is 0 Å². The lowest BCUT2D eigenvalue weighted by molar-refractivity contribution is 0.204. The molecule has 29 heavy (non-hydrogen) atoms. The van der Waals surface area contributed by atoms with Crippen LogP contribution in [0.4, 0.5) is 5.82 Å². The van der Waals surface area contributed by atoms with Gasteiger partial charge in [0.15, 0.2) is 11.4 Å². The van der Waals surface area contributed by atoms with Gasteiger partial charge in [-0.05, 0) is 30.7 Å². The average Bonchev–Trinajstić information content (AvgIpc) is 3.27. The van der Waals surface area contributed by atoms with Crippen LogP contribution in [-0.2, 0) is 17.1 Å². The van der Waals surface area contributed by atoms with E-state index in [1.807, 2.05) is 19.0 Å². The Morgan fingerprint density at radius 1 is 1.21 bits per heavy atom. The highest BCUT2D eigenvalue weighted by molar-refractivity contribution is 7.89. The van der Waals surface area contributed by atoms with Crippen LogP contribution in [-0.4, -0.2) is 60.8 Å². The van der Waals surface area contributed by atoms with E-state index in [2.05, 4.69) is 10.2 Å². The summed E-state index contributed by atoms with van der Waals surface area (Å²) in [5.41, 5.74) is 0.776. The molecule has 0 saturated carbocycles. The number of aryl methyl sites for hydroxylation is 1. The summed E-state index contributed by atoms with van der Waals surface area (Å²) in [4.78, 5) is 13.6. The molecule has 1 unspecified atom stereocenters. The first kappa shape index (κ1) is 19.4. The minimum Gasteiger partial charge on any atom is -0.472 e. The van der Waals surface area contributed by atoms with Crippen molar-refractivity contribution in [2.75, 3.05) is 32.1 Å². The smallest absolute Gasteiger partial charge is 0.419 e. The molecule has 0 radical (unpaired) electrons. The van der Waals surface area contributed by atoms with Crippen LogP contribution in [0.2, 0.25) is 0 Å². The molecule has 3 heterocycles. The van der Waals surface area contributed by atoms with Gasteiger partial charge in [-0.15, -0.1) is 10.2 Å². The third-order valence-electron chi connectivity index (χ3n) is 4.88. The maximum absolute atomic E-state index is 13.0. The molecule has 0 spiro atoms. The molecule has 0 aliphatic carbocycles. The van der Waals surface area contributed by atoms with E-state index in [4.69, 9.17) is 9.15 Å². The van der Waals surface area contributed by atoms with Crippen LogP contribution in [0.25, 0.3) is 11.1 Å². The fraction of sp³-hybridized carbons (Fsp3) is 0.389. The largest absolute Gasteiger partial charge is 0.472 e. The predicted octanol–water partition coefficient (Wildman–Crippen LogP) is 0.829. The van der Waals surface area contributed by atoms with E-state index in [9.17, 15) is 13.2 Å². The zero-order valence-electron chi connectivity index (χ0n) is 16.3. The third kappa shape index (κ3) is 3.58. The molecule has 1 aliphatic rings. The lowest BCUT2D eigenvalue weighted by Gasteiger charge is -2.17. The lowest BCUT2D eigenvalue weighted by atomic mass is 10.3.